The standard InChI is InChI=1S/C16H16N2O2/c1-3-11-6-4-8-13-14(11)15-12(7-5-9-17-15)16(19)18(13)10-20-2/h4-9H,3,10H2,1-2H3. The molecule has 4 heteroatoms. The van der Waals surface area contributed by atoms with E-state index in [0.29, 0.717) is 5.39 Å². The van der Waals surface area contributed by atoms with Gasteiger partial charge in [-0.1, -0.05) is 19.1 Å². The van der Waals surface area contributed by atoms with Gasteiger partial charge in [0.15, 0.2) is 0 Å². The molecule has 0 N–H and O–H groups in total. The molecule has 1 aromatic carbocycles. The molecule has 0 aliphatic rings. The van der Waals surface area contributed by atoms with E-state index < -0.39 is 0 Å². The van der Waals surface area contributed by atoms with Crippen LogP contribution in [0, 0.1) is 0 Å². The van der Waals surface area contributed by atoms with Crippen LogP contribution in [0.2, 0.25) is 0 Å². The minimum atomic E-state index is -0.0595. The van der Waals surface area contributed by atoms with E-state index in [1.165, 1.54) is 5.56 Å². The Labute approximate surface area is 116 Å². The zero-order valence-corrected chi connectivity index (χ0v) is 11.6. The van der Waals surface area contributed by atoms with E-state index >= 15 is 0 Å². The van der Waals surface area contributed by atoms with Crippen LogP contribution in [-0.4, -0.2) is 16.7 Å². The third kappa shape index (κ3) is 1.80. The lowest BCUT2D eigenvalue weighted by Crippen LogP contribution is -2.22. The molecule has 0 aliphatic carbocycles. The van der Waals surface area contributed by atoms with Crippen molar-refractivity contribution in [1.82, 2.24) is 9.55 Å². The lowest BCUT2D eigenvalue weighted by atomic mass is 10.0. The van der Waals surface area contributed by atoms with Crippen LogP contribution in [0.1, 0.15) is 12.5 Å². The fourth-order valence-electron chi connectivity index (χ4n) is 2.67. The largest absolute Gasteiger partial charge is 0.364 e. The quantitative estimate of drug-likeness (QED) is 0.686. The molecule has 20 heavy (non-hydrogen) atoms. The third-order valence-corrected chi connectivity index (χ3v) is 3.58. The number of hydrogen-bond donors (Lipinski definition) is 0. The predicted octanol–water partition coefficient (Wildman–Crippen LogP) is 2.72. The molecule has 0 saturated carbocycles. The number of nitrogens with zero attached hydrogens (tertiary/aromatic N) is 2. The number of fused-ring (bicyclic) bond motifs is 3. The van der Waals surface area contributed by atoms with Crippen LogP contribution in [0.15, 0.2) is 41.3 Å². The first-order valence-corrected chi connectivity index (χ1v) is 6.66. The molecule has 0 amide bonds. The summed E-state index contributed by atoms with van der Waals surface area (Å²) in [6.07, 6.45) is 2.63. The van der Waals surface area contributed by atoms with Crippen molar-refractivity contribution in [1.29, 1.82) is 0 Å². The number of hydrogen-bond acceptors (Lipinski definition) is 3. The van der Waals surface area contributed by atoms with E-state index in [-0.39, 0.29) is 12.3 Å². The number of methoxy groups -OCH3 is 1. The highest BCUT2D eigenvalue weighted by Gasteiger charge is 2.13. The van der Waals surface area contributed by atoms with Crippen LogP contribution in [0.25, 0.3) is 21.8 Å². The number of aryl methyl sites for hydroxylation is 1. The first-order valence-electron chi connectivity index (χ1n) is 6.66. The number of pyridine rings is 2. The molecule has 0 saturated heterocycles. The molecule has 4 nitrogen and oxygen atoms in total. The molecule has 0 aliphatic heterocycles. The van der Waals surface area contributed by atoms with Crippen LogP contribution in [0.4, 0.5) is 0 Å². The molecule has 3 rings (SSSR count). The summed E-state index contributed by atoms with van der Waals surface area (Å²) in [5.41, 5.74) is 2.78. The van der Waals surface area contributed by atoms with Gasteiger partial charge in [-0.25, -0.2) is 0 Å². The minimum Gasteiger partial charge on any atom is -0.364 e. The zero-order chi connectivity index (χ0) is 14.1. The SMILES string of the molecule is CCc1cccc2c1c1ncccc1c(=O)n2COC. The summed E-state index contributed by atoms with van der Waals surface area (Å²) in [5, 5.41) is 1.68. The van der Waals surface area contributed by atoms with Gasteiger partial charge in [-0.2, -0.15) is 0 Å². The molecule has 0 unspecified atom stereocenters. The van der Waals surface area contributed by atoms with Crippen LogP contribution in [0.5, 0.6) is 0 Å². The number of rotatable bonds is 3. The summed E-state index contributed by atoms with van der Waals surface area (Å²) >= 11 is 0. The summed E-state index contributed by atoms with van der Waals surface area (Å²) in [6, 6.07) is 9.62. The van der Waals surface area contributed by atoms with Crippen molar-refractivity contribution < 1.29 is 4.74 Å². The second-order valence-electron chi connectivity index (χ2n) is 4.72. The van der Waals surface area contributed by atoms with Crippen LogP contribution in [-0.2, 0) is 17.9 Å². The number of aromatic nitrogens is 2. The van der Waals surface area contributed by atoms with Crippen molar-refractivity contribution in [2.75, 3.05) is 7.11 Å². The van der Waals surface area contributed by atoms with E-state index in [0.717, 1.165) is 22.8 Å². The monoisotopic (exact) mass is 268 g/mol. The maximum Gasteiger partial charge on any atom is 0.262 e. The van der Waals surface area contributed by atoms with E-state index in [1.54, 1.807) is 23.9 Å². The summed E-state index contributed by atoms with van der Waals surface area (Å²) in [7, 11) is 1.59. The Bertz CT molecular complexity index is 837. The van der Waals surface area contributed by atoms with Gasteiger partial charge >= 0.3 is 0 Å². The van der Waals surface area contributed by atoms with Crippen LogP contribution < -0.4 is 5.56 Å². The van der Waals surface area contributed by atoms with E-state index in [1.807, 2.05) is 18.2 Å². The molecule has 3 aromatic rings. The van der Waals surface area contributed by atoms with Crippen molar-refractivity contribution in [2.45, 2.75) is 20.1 Å². The van der Waals surface area contributed by atoms with Gasteiger partial charge in [0.05, 0.1) is 16.4 Å². The highest BCUT2D eigenvalue weighted by atomic mass is 16.5. The Morgan fingerprint density at radius 1 is 1.25 bits per heavy atom. The molecule has 0 fully saturated rings. The molecule has 0 bridgehead atoms. The van der Waals surface area contributed by atoms with Gasteiger partial charge in [0, 0.05) is 18.7 Å². The van der Waals surface area contributed by atoms with Crippen molar-refractivity contribution in [3.05, 3.63) is 52.4 Å². The Morgan fingerprint density at radius 2 is 2.10 bits per heavy atom. The normalized spacial score (nSPS) is 11.3. The highest BCUT2D eigenvalue weighted by molar-refractivity contribution is 6.04. The van der Waals surface area contributed by atoms with Gasteiger partial charge in [0.25, 0.3) is 5.56 Å². The fourth-order valence-corrected chi connectivity index (χ4v) is 2.67. The molecule has 0 spiro atoms. The maximum absolute atomic E-state index is 12.6. The number of benzene rings is 1. The van der Waals surface area contributed by atoms with Crippen molar-refractivity contribution in [2.24, 2.45) is 0 Å². The summed E-state index contributed by atoms with van der Waals surface area (Å²) in [4.78, 5) is 17.0. The maximum atomic E-state index is 12.6. The van der Waals surface area contributed by atoms with Gasteiger partial charge in [0.1, 0.15) is 6.73 Å². The second-order valence-corrected chi connectivity index (χ2v) is 4.72. The van der Waals surface area contributed by atoms with Gasteiger partial charge in [-0.05, 0) is 30.2 Å². The van der Waals surface area contributed by atoms with Crippen molar-refractivity contribution in [3.8, 4) is 0 Å². The molecule has 2 aromatic heterocycles. The lowest BCUT2D eigenvalue weighted by Gasteiger charge is -2.14. The predicted molar refractivity (Wildman–Crippen MR) is 79.9 cm³/mol. The fraction of sp³-hybridized carbons (Fsp3) is 0.250. The molecular weight excluding hydrogens is 252 g/mol. The Hall–Kier alpha value is -2.20. The second kappa shape index (κ2) is 5.06. The summed E-state index contributed by atoms with van der Waals surface area (Å²) in [6.45, 7) is 2.35. The molecular formula is C16H16N2O2. The van der Waals surface area contributed by atoms with Gasteiger partial charge in [0.2, 0.25) is 0 Å². The summed E-state index contributed by atoms with van der Waals surface area (Å²) < 4.78 is 6.85. The highest BCUT2D eigenvalue weighted by Crippen LogP contribution is 2.25. The van der Waals surface area contributed by atoms with Crippen molar-refractivity contribution >= 4 is 21.8 Å². The van der Waals surface area contributed by atoms with E-state index in [9.17, 15) is 4.79 Å². The van der Waals surface area contributed by atoms with E-state index in [4.69, 9.17) is 4.74 Å². The first-order chi connectivity index (χ1) is 9.77. The average Bonchev–Trinajstić information content (AvgIpc) is 2.50. The van der Waals surface area contributed by atoms with Gasteiger partial charge < -0.3 is 4.74 Å². The average molecular weight is 268 g/mol. The third-order valence-electron chi connectivity index (χ3n) is 3.58. The van der Waals surface area contributed by atoms with Crippen LogP contribution in [0.3, 0.4) is 0 Å². The topological polar surface area (TPSA) is 44.1 Å². The molecule has 0 atom stereocenters. The Morgan fingerprint density at radius 3 is 2.85 bits per heavy atom. The number of ether oxygens (including phenoxy) is 1. The van der Waals surface area contributed by atoms with E-state index in [2.05, 4.69) is 18.0 Å². The van der Waals surface area contributed by atoms with Gasteiger partial charge in [-0.3, -0.25) is 14.3 Å². The molecule has 102 valence electrons. The molecule has 0 radical (unpaired) electrons. The smallest absolute Gasteiger partial charge is 0.262 e. The Kier molecular flexibility index (Phi) is 3.24. The molecule has 2 heterocycles. The lowest BCUT2D eigenvalue weighted by molar-refractivity contribution is 0.132. The Balaban J connectivity index is 2.60. The minimum absolute atomic E-state index is 0.0595. The zero-order valence-electron chi connectivity index (χ0n) is 11.6. The van der Waals surface area contributed by atoms with Gasteiger partial charge in [-0.15, -0.1) is 0 Å². The summed E-state index contributed by atoms with van der Waals surface area (Å²) in [5.74, 6) is 0. The van der Waals surface area contributed by atoms with Crippen molar-refractivity contribution in [3.63, 3.8) is 0 Å². The first kappa shape index (κ1) is 12.8. The van der Waals surface area contributed by atoms with Crippen LogP contribution >= 0.6 is 0 Å².